The van der Waals surface area contributed by atoms with Gasteiger partial charge >= 0.3 is 0 Å². The molecule has 0 aromatic heterocycles. The van der Waals surface area contributed by atoms with Crippen molar-refractivity contribution in [2.45, 2.75) is 151 Å². The molecule has 2 aliphatic heterocycles. The first-order valence-electron chi connectivity index (χ1n) is 21.7. The van der Waals surface area contributed by atoms with Crippen LogP contribution >= 0.6 is 0 Å². The van der Waals surface area contributed by atoms with Crippen LogP contribution in [0.5, 0.6) is 11.5 Å². The van der Waals surface area contributed by atoms with E-state index in [2.05, 4.69) is 46.2 Å². The summed E-state index contributed by atoms with van der Waals surface area (Å²) in [5, 5.41) is 0. The molecular formula is C46H64N2O2. The van der Waals surface area contributed by atoms with Gasteiger partial charge in [0.25, 0.3) is 0 Å². The summed E-state index contributed by atoms with van der Waals surface area (Å²) in [7, 11) is 0. The predicted octanol–water partition coefficient (Wildman–Crippen LogP) is 9.64. The Morgan fingerprint density at radius 2 is 1.02 bits per heavy atom. The molecule has 6 fully saturated rings. The van der Waals surface area contributed by atoms with Crippen LogP contribution in [0.25, 0.3) is 0 Å². The minimum absolute atomic E-state index is 0.403. The minimum Gasteiger partial charge on any atom is -0.494 e. The van der Waals surface area contributed by atoms with Gasteiger partial charge in [0.1, 0.15) is 11.5 Å². The zero-order valence-corrected chi connectivity index (χ0v) is 31.0. The first kappa shape index (κ1) is 32.6. The molecule has 0 amide bonds. The largest absolute Gasteiger partial charge is 0.494 e. The van der Waals surface area contributed by atoms with Crippen molar-refractivity contribution in [3.63, 3.8) is 0 Å². The number of hydrogen-bond donors (Lipinski definition) is 0. The van der Waals surface area contributed by atoms with Crippen LogP contribution < -0.4 is 9.47 Å². The molecule has 2 saturated heterocycles. The van der Waals surface area contributed by atoms with Gasteiger partial charge in [-0.25, -0.2) is 0 Å². The van der Waals surface area contributed by atoms with Crippen molar-refractivity contribution in [2.24, 2.45) is 23.7 Å². The zero-order chi connectivity index (χ0) is 33.1. The average molecular weight is 677 g/mol. The Bertz CT molecular complexity index is 1420. The summed E-state index contributed by atoms with van der Waals surface area (Å²) in [5.41, 5.74) is 7.41. The highest BCUT2D eigenvalue weighted by Gasteiger charge is 2.55. The summed E-state index contributed by atoms with van der Waals surface area (Å²) < 4.78 is 13.0. The molecule has 2 aromatic rings. The lowest BCUT2D eigenvalue weighted by Crippen LogP contribution is -2.61. The SMILES string of the molecule is c1cc2c(cc1OCCCCOc1ccc3c(c1)C14CCCCC1C(C3)N(CC1CCC1)CC4)C13CCCCC1C(C2)N(CC1CCC1)CC3. The van der Waals surface area contributed by atoms with E-state index in [0.717, 1.165) is 73.3 Å². The normalized spacial score (nSPS) is 35.1. The Kier molecular flexibility index (Phi) is 8.75. The smallest absolute Gasteiger partial charge is 0.119 e. The van der Waals surface area contributed by atoms with Crippen molar-refractivity contribution in [1.82, 2.24) is 9.80 Å². The van der Waals surface area contributed by atoms with E-state index >= 15 is 0 Å². The topological polar surface area (TPSA) is 24.9 Å². The zero-order valence-electron chi connectivity index (χ0n) is 31.0. The van der Waals surface area contributed by atoms with Crippen LogP contribution in [0.4, 0.5) is 0 Å². The highest BCUT2D eigenvalue weighted by atomic mass is 16.5. The third-order valence-corrected chi connectivity index (χ3v) is 16.4. The Hall–Kier alpha value is -2.04. The molecule has 0 spiro atoms. The molecule has 6 atom stereocenters. The van der Waals surface area contributed by atoms with E-state index in [9.17, 15) is 0 Å². The molecule has 4 saturated carbocycles. The summed E-state index contributed by atoms with van der Waals surface area (Å²) in [5.74, 6) is 5.86. The first-order chi connectivity index (χ1) is 24.7. The lowest BCUT2D eigenvalue weighted by molar-refractivity contribution is -0.0241. The van der Waals surface area contributed by atoms with Crippen LogP contribution in [0.2, 0.25) is 0 Å². The molecule has 4 nitrogen and oxygen atoms in total. The summed E-state index contributed by atoms with van der Waals surface area (Å²) in [6.07, 6.45) is 27.4. The second-order valence-electron chi connectivity index (χ2n) is 18.7. The monoisotopic (exact) mass is 676 g/mol. The van der Waals surface area contributed by atoms with Gasteiger partial charge in [-0.15, -0.1) is 0 Å². The summed E-state index contributed by atoms with van der Waals surface area (Å²) in [6.45, 7) is 6.92. The average Bonchev–Trinajstić information content (AvgIpc) is 3.11. The van der Waals surface area contributed by atoms with Crippen molar-refractivity contribution in [3.8, 4) is 11.5 Å². The Balaban J connectivity index is 0.752. The molecule has 10 rings (SSSR count). The van der Waals surface area contributed by atoms with Gasteiger partial charge in [-0.2, -0.15) is 0 Å². The van der Waals surface area contributed by atoms with E-state index in [1.807, 2.05) is 0 Å². The molecule has 50 heavy (non-hydrogen) atoms. The van der Waals surface area contributed by atoms with Crippen molar-refractivity contribution < 1.29 is 9.47 Å². The standard InChI is InChI=1S/C46H64N2O2/c1-3-19-45-21-23-47(31-33-9-7-10-33)43(39(45)13-1)27-35-15-17-37(29-41(35)45)49-25-5-6-26-50-38-18-16-36-28-44-40-14-2-4-20-46(40,42(36)30-38)22-24-48(44)32-34-11-8-12-34/h15-18,29-30,33-34,39-40,43-44H,1-14,19-28,31-32H2. The Morgan fingerprint density at radius 3 is 1.46 bits per heavy atom. The van der Waals surface area contributed by atoms with Gasteiger partial charge in [0.2, 0.25) is 0 Å². The quantitative estimate of drug-likeness (QED) is 0.221. The molecule has 4 bridgehead atoms. The van der Waals surface area contributed by atoms with Gasteiger partial charge in [0.15, 0.2) is 0 Å². The van der Waals surface area contributed by atoms with E-state index in [-0.39, 0.29) is 0 Å². The van der Waals surface area contributed by atoms with E-state index in [1.54, 1.807) is 22.3 Å². The first-order valence-corrected chi connectivity index (χ1v) is 21.7. The fourth-order valence-corrected chi connectivity index (χ4v) is 13.4. The molecule has 0 radical (unpaired) electrons. The van der Waals surface area contributed by atoms with Crippen molar-refractivity contribution in [2.75, 3.05) is 39.4 Å². The number of benzene rings is 2. The Labute approximate surface area is 303 Å². The van der Waals surface area contributed by atoms with Crippen molar-refractivity contribution in [1.29, 1.82) is 0 Å². The molecule has 2 aromatic carbocycles. The summed E-state index contributed by atoms with van der Waals surface area (Å²) in [4.78, 5) is 5.89. The van der Waals surface area contributed by atoms with Crippen LogP contribution in [-0.2, 0) is 23.7 Å². The van der Waals surface area contributed by atoms with Crippen molar-refractivity contribution in [3.05, 3.63) is 58.7 Å². The number of piperidine rings is 2. The maximum absolute atomic E-state index is 6.49. The second-order valence-corrected chi connectivity index (χ2v) is 18.7. The minimum atomic E-state index is 0.403. The maximum atomic E-state index is 6.49. The van der Waals surface area contributed by atoms with Gasteiger partial charge in [-0.1, -0.05) is 50.7 Å². The number of ether oxygens (including phenoxy) is 2. The van der Waals surface area contributed by atoms with Gasteiger partial charge in [-0.3, -0.25) is 9.80 Å². The predicted molar refractivity (Wildman–Crippen MR) is 202 cm³/mol. The van der Waals surface area contributed by atoms with Gasteiger partial charge < -0.3 is 9.47 Å². The van der Waals surface area contributed by atoms with Crippen LogP contribution in [-0.4, -0.2) is 61.3 Å². The number of hydrogen-bond acceptors (Lipinski definition) is 4. The lowest BCUT2D eigenvalue weighted by Gasteiger charge is -2.59. The van der Waals surface area contributed by atoms with Crippen LogP contribution in [0.3, 0.4) is 0 Å². The molecule has 8 aliphatic rings. The molecule has 0 N–H and O–H groups in total. The fourth-order valence-electron chi connectivity index (χ4n) is 13.4. The van der Waals surface area contributed by atoms with Gasteiger partial charge in [0, 0.05) is 36.0 Å². The maximum Gasteiger partial charge on any atom is 0.119 e. The molecule has 6 aliphatic carbocycles. The van der Waals surface area contributed by atoms with Gasteiger partial charge in [0.05, 0.1) is 13.2 Å². The lowest BCUT2D eigenvalue weighted by atomic mass is 9.52. The molecular weight excluding hydrogens is 613 g/mol. The molecule has 2 heterocycles. The highest BCUT2D eigenvalue weighted by molar-refractivity contribution is 5.47. The molecule has 4 heteroatoms. The Morgan fingerprint density at radius 1 is 0.540 bits per heavy atom. The number of likely N-dealkylation sites (tertiary alicyclic amines) is 2. The number of rotatable bonds is 11. The van der Waals surface area contributed by atoms with E-state index in [4.69, 9.17) is 9.47 Å². The van der Waals surface area contributed by atoms with Crippen LogP contribution in [0.1, 0.15) is 138 Å². The molecule has 270 valence electrons. The number of nitrogens with zero attached hydrogens (tertiary/aromatic N) is 2. The number of unbranched alkanes of at least 4 members (excludes halogenated alkanes) is 1. The summed E-state index contributed by atoms with van der Waals surface area (Å²) in [6, 6.07) is 16.0. The van der Waals surface area contributed by atoms with Crippen LogP contribution in [0.15, 0.2) is 36.4 Å². The highest BCUT2D eigenvalue weighted by Crippen LogP contribution is 2.58. The second kappa shape index (κ2) is 13.4. The summed E-state index contributed by atoms with van der Waals surface area (Å²) >= 11 is 0. The number of fused-ring (bicyclic) bond motifs is 2. The third-order valence-electron chi connectivity index (χ3n) is 16.4. The molecule has 6 unspecified atom stereocenters. The van der Waals surface area contributed by atoms with E-state index in [1.165, 1.54) is 142 Å². The van der Waals surface area contributed by atoms with Gasteiger partial charge in [-0.05, 0) is 173 Å². The van der Waals surface area contributed by atoms with E-state index in [0.29, 0.717) is 10.8 Å². The fraction of sp³-hybridized carbons (Fsp3) is 0.739. The van der Waals surface area contributed by atoms with E-state index < -0.39 is 0 Å². The van der Waals surface area contributed by atoms with Crippen molar-refractivity contribution >= 4 is 0 Å². The van der Waals surface area contributed by atoms with Crippen LogP contribution in [0, 0.1) is 23.7 Å². The third kappa shape index (κ3) is 5.59.